The number of hydrogen-bond donors (Lipinski definition) is 1. The summed E-state index contributed by atoms with van der Waals surface area (Å²) in [6.07, 6.45) is 2.02. The van der Waals surface area contributed by atoms with Gasteiger partial charge in [0.1, 0.15) is 0 Å². The predicted octanol–water partition coefficient (Wildman–Crippen LogP) is 3.72. The topological polar surface area (TPSA) is 35.6 Å². The van der Waals surface area contributed by atoms with Crippen molar-refractivity contribution in [3.63, 3.8) is 0 Å². The number of amides is 1. The van der Waals surface area contributed by atoms with Gasteiger partial charge in [0.05, 0.1) is 0 Å². The van der Waals surface area contributed by atoms with Crippen molar-refractivity contribution in [3.8, 4) is 0 Å². The summed E-state index contributed by atoms with van der Waals surface area (Å²) >= 11 is 1.64. The Morgan fingerprint density at radius 1 is 1.04 bits per heavy atom. The minimum Gasteiger partial charge on any atom is -0.369 e. The number of thioether (sulfide) groups is 1. The Morgan fingerprint density at radius 2 is 1.72 bits per heavy atom. The fourth-order valence-corrected chi connectivity index (χ4v) is 3.43. The number of piperazine rings is 1. The van der Waals surface area contributed by atoms with Gasteiger partial charge in [0.15, 0.2) is 0 Å². The number of benzene rings is 2. The van der Waals surface area contributed by atoms with Gasteiger partial charge in [-0.15, -0.1) is 11.8 Å². The highest BCUT2D eigenvalue weighted by Crippen LogP contribution is 2.22. The number of anilines is 2. The summed E-state index contributed by atoms with van der Waals surface area (Å²) in [5.74, 6) is -0.0549. The van der Waals surface area contributed by atoms with Gasteiger partial charge in [-0.2, -0.15) is 0 Å². The minimum atomic E-state index is -0.0549. The van der Waals surface area contributed by atoms with E-state index in [1.165, 1.54) is 5.69 Å². The van der Waals surface area contributed by atoms with Crippen molar-refractivity contribution in [3.05, 3.63) is 53.6 Å². The SMILES string of the molecule is CSc1ccc(C)c(C(=O)Nc2ccc(N3CCN(C)CC3)cc2)c1. The molecule has 5 heteroatoms. The highest BCUT2D eigenvalue weighted by molar-refractivity contribution is 7.98. The fraction of sp³-hybridized carbons (Fsp3) is 0.350. The summed E-state index contributed by atoms with van der Waals surface area (Å²) in [4.78, 5) is 18.4. The molecule has 1 N–H and O–H groups in total. The van der Waals surface area contributed by atoms with Crippen molar-refractivity contribution in [1.82, 2.24) is 4.90 Å². The zero-order valence-electron chi connectivity index (χ0n) is 15.1. The molecule has 2 aromatic rings. The van der Waals surface area contributed by atoms with Gasteiger partial charge < -0.3 is 15.1 Å². The molecule has 0 bridgehead atoms. The van der Waals surface area contributed by atoms with Crippen LogP contribution < -0.4 is 10.2 Å². The number of aryl methyl sites for hydroxylation is 1. The molecule has 1 amide bonds. The number of nitrogens with one attached hydrogen (secondary N) is 1. The van der Waals surface area contributed by atoms with Crippen LogP contribution in [0.2, 0.25) is 0 Å². The second-order valence-corrected chi connectivity index (χ2v) is 7.35. The van der Waals surface area contributed by atoms with Gasteiger partial charge >= 0.3 is 0 Å². The van der Waals surface area contributed by atoms with Crippen LogP contribution in [0.1, 0.15) is 15.9 Å². The lowest BCUT2D eigenvalue weighted by Crippen LogP contribution is -2.44. The summed E-state index contributed by atoms with van der Waals surface area (Å²) in [7, 11) is 2.16. The average Bonchev–Trinajstić information content (AvgIpc) is 2.63. The number of carbonyl (C=O) groups excluding carboxylic acids is 1. The van der Waals surface area contributed by atoms with Crippen LogP contribution in [-0.2, 0) is 0 Å². The Balaban J connectivity index is 1.68. The zero-order chi connectivity index (χ0) is 17.8. The molecular weight excluding hydrogens is 330 g/mol. The summed E-state index contributed by atoms with van der Waals surface area (Å²) in [6.45, 7) is 6.23. The quantitative estimate of drug-likeness (QED) is 0.848. The number of likely N-dealkylation sites (N-methyl/N-ethyl adjacent to an activating group) is 1. The summed E-state index contributed by atoms with van der Waals surface area (Å²) in [5.41, 5.74) is 3.77. The normalized spacial score (nSPS) is 15.2. The lowest BCUT2D eigenvalue weighted by Gasteiger charge is -2.34. The molecule has 4 nitrogen and oxygen atoms in total. The van der Waals surface area contributed by atoms with Gasteiger partial charge in [0, 0.05) is 48.0 Å². The van der Waals surface area contributed by atoms with Crippen LogP contribution in [0, 0.1) is 6.92 Å². The van der Waals surface area contributed by atoms with Crippen LogP contribution in [0.25, 0.3) is 0 Å². The van der Waals surface area contributed by atoms with Crippen LogP contribution in [0.5, 0.6) is 0 Å². The Hall–Kier alpha value is -1.98. The van der Waals surface area contributed by atoms with E-state index in [4.69, 9.17) is 0 Å². The van der Waals surface area contributed by atoms with Crippen molar-refractivity contribution >= 4 is 29.0 Å². The molecule has 0 aliphatic carbocycles. The lowest BCUT2D eigenvalue weighted by atomic mass is 10.1. The van der Waals surface area contributed by atoms with E-state index in [0.717, 1.165) is 47.9 Å². The molecule has 0 unspecified atom stereocenters. The van der Waals surface area contributed by atoms with Crippen molar-refractivity contribution in [2.24, 2.45) is 0 Å². The van der Waals surface area contributed by atoms with E-state index in [1.54, 1.807) is 11.8 Å². The molecule has 25 heavy (non-hydrogen) atoms. The van der Waals surface area contributed by atoms with Crippen LogP contribution >= 0.6 is 11.8 Å². The van der Waals surface area contributed by atoms with Crippen LogP contribution in [-0.4, -0.2) is 50.3 Å². The Morgan fingerprint density at radius 3 is 2.36 bits per heavy atom. The average molecular weight is 356 g/mol. The summed E-state index contributed by atoms with van der Waals surface area (Å²) < 4.78 is 0. The van der Waals surface area contributed by atoms with Gasteiger partial charge in [-0.3, -0.25) is 4.79 Å². The molecule has 1 saturated heterocycles. The van der Waals surface area contributed by atoms with Gasteiger partial charge in [0.2, 0.25) is 0 Å². The van der Waals surface area contributed by atoms with Crippen LogP contribution in [0.15, 0.2) is 47.4 Å². The van der Waals surface area contributed by atoms with E-state index in [9.17, 15) is 4.79 Å². The molecule has 2 aromatic carbocycles. The molecule has 0 spiro atoms. The van der Waals surface area contributed by atoms with Crippen molar-refractivity contribution in [2.75, 3.05) is 49.7 Å². The van der Waals surface area contributed by atoms with Gasteiger partial charge in [0.25, 0.3) is 5.91 Å². The van der Waals surface area contributed by atoms with Gasteiger partial charge in [-0.05, 0) is 62.2 Å². The van der Waals surface area contributed by atoms with E-state index >= 15 is 0 Å². The van der Waals surface area contributed by atoms with Crippen molar-refractivity contribution in [2.45, 2.75) is 11.8 Å². The van der Waals surface area contributed by atoms with Gasteiger partial charge in [-0.1, -0.05) is 6.07 Å². The molecule has 1 aliphatic rings. The first kappa shape index (κ1) is 17.8. The lowest BCUT2D eigenvalue weighted by molar-refractivity contribution is 0.102. The third-order valence-electron chi connectivity index (χ3n) is 4.68. The summed E-state index contributed by atoms with van der Waals surface area (Å²) in [6, 6.07) is 14.1. The number of nitrogens with zero attached hydrogens (tertiary/aromatic N) is 2. The zero-order valence-corrected chi connectivity index (χ0v) is 15.9. The first-order valence-corrected chi connectivity index (χ1v) is 9.79. The largest absolute Gasteiger partial charge is 0.369 e. The monoisotopic (exact) mass is 355 g/mol. The molecule has 1 fully saturated rings. The van der Waals surface area contributed by atoms with E-state index < -0.39 is 0 Å². The number of rotatable bonds is 4. The van der Waals surface area contributed by atoms with Gasteiger partial charge in [-0.25, -0.2) is 0 Å². The molecule has 3 rings (SSSR count). The highest BCUT2D eigenvalue weighted by Gasteiger charge is 2.15. The van der Waals surface area contributed by atoms with Crippen LogP contribution in [0.4, 0.5) is 11.4 Å². The van der Waals surface area contributed by atoms with Crippen molar-refractivity contribution < 1.29 is 4.79 Å². The molecule has 1 aliphatic heterocycles. The standard InChI is InChI=1S/C20H25N3OS/c1-15-4-9-18(25-3)14-19(15)20(24)21-16-5-7-17(8-6-16)23-12-10-22(2)11-13-23/h4-9,14H,10-13H2,1-3H3,(H,21,24). The van der Waals surface area contributed by atoms with E-state index in [1.807, 2.05) is 43.5 Å². The summed E-state index contributed by atoms with van der Waals surface area (Å²) in [5, 5.41) is 3.01. The second-order valence-electron chi connectivity index (χ2n) is 6.47. The molecule has 132 valence electrons. The maximum absolute atomic E-state index is 12.6. The third-order valence-corrected chi connectivity index (χ3v) is 5.41. The second kappa shape index (κ2) is 7.93. The van der Waals surface area contributed by atoms with E-state index in [-0.39, 0.29) is 5.91 Å². The fourth-order valence-electron chi connectivity index (χ4n) is 2.99. The van der Waals surface area contributed by atoms with E-state index in [2.05, 4.69) is 34.3 Å². The van der Waals surface area contributed by atoms with Crippen molar-refractivity contribution in [1.29, 1.82) is 0 Å². The molecule has 0 radical (unpaired) electrons. The molecule has 1 heterocycles. The maximum atomic E-state index is 12.6. The molecule has 0 saturated carbocycles. The first-order chi connectivity index (χ1) is 12.1. The Kier molecular flexibility index (Phi) is 5.66. The molecular formula is C20H25N3OS. The highest BCUT2D eigenvalue weighted by atomic mass is 32.2. The molecule has 0 aromatic heterocycles. The smallest absolute Gasteiger partial charge is 0.255 e. The Labute approximate surface area is 154 Å². The van der Waals surface area contributed by atoms with Crippen LogP contribution in [0.3, 0.4) is 0 Å². The maximum Gasteiger partial charge on any atom is 0.255 e. The third kappa shape index (κ3) is 4.35. The number of carbonyl (C=O) groups is 1. The Bertz CT molecular complexity index is 737. The molecule has 0 atom stereocenters. The first-order valence-electron chi connectivity index (χ1n) is 8.56. The van der Waals surface area contributed by atoms with E-state index in [0.29, 0.717) is 0 Å². The predicted molar refractivity (Wildman–Crippen MR) is 107 cm³/mol. The number of hydrogen-bond acceptors (Lipinski definition) is 4. The minimum absolute atomic E-state index is 0.0549.